The lowest BCUT2D eigenvalue weighted by molar-refractivity contribution is -0.129. The molecule has 0 saturated heterocycles. The Morgan fingerprint density at radius 2 is 2.24 bits per heavy atom. The molecule has 0 spiro atoms. The van der Waals surface area contributed by atoms with Crippen molar-refractivity contribution in [1.82, 2.24) is 10.4 Å². The van der Waals surface area contributed by atoms with Crippen LogP contribution in [0.2, 0.25) is 0 Å². The summed E-state index contributed by atoms with van der Waals surface area (Å²) in [4.78, 5) is 11.2. The number of hydrogen-bond acceptors (Lipinski definition) is 3. The van der Waals surface area contributed by atoms with Crippen molar-refractivity contribution in [1.29, 1.82) is 0 Å². The number of hydrazine groups is 1. The molecule has 17 heavy (non-hydrogen) atoms. The fourth-order valence-corrected chi connectivity index (χ4v) is 1.60. The first-order chi connectivity index (χ1) is 7.99. The summed E-state index contributed by atoms with van der Waals surface area (Å²) < 4.78 is 19.2. The van der Waals surface area contributed by atoms with Crippen LogP contribution in [0, 0.1) is 5.82 Å². The predicted molar refractivity (Wildman–Crippen MR) is 65.6 cm³/mol. The lowest BCUT2D eigenvalue weighted by atomic mass is 10.2. The van der Waals surface area contributed by atoms with Crippen LogP contribution >= 0.6 is 15.9 Å². The Bertz CT molecular complexity index is 399. The van der Waals surface area contributed by atoms with E-state index in [2.05, 4.69) is 21.4 Å². The molecule has 4 nitrogen and oxygen atoms in total. The van der Waals surface area contributed by atoms with Crippen LogP contribution in [-0.4, -0.2) is 31.6 Å². The zero-order valence-corrected chi connectivity index (χ0v) is 11.3. The molecule has 6 heteroatoms. The lowest BCUT2D eigenvalue weighted by Crippen LogP contribution is -2.38. The summed E-state index contributed by atoms with van der Waals surface area (Å²) in [7, 11) is 3.40. The van der Waals surface area contributed by atoms with E-state index in [1.807, 2.05) is 0 Å². The van der Waals surface area contributed by atoms with Crippen molar-refractivity contribution >= 4 is 21.8 Å². The number of hydrogen-bond donors (Lipinski definition) is 1. The first-order valence-corrected chi connectivity index (χ1v) is 5.77. The van der Waals surface area contributed by atoms with E-state index in [4.69, 9.17) is 4.74 Å². The van der Waals surface area contributed by atoms with E-state index in [1.54, 1.807) is 26.2 Å². The molecule has 0 radical (unpaired) electrons. The largest absolute Gasteiger partial charge is 0.367 e. The van der Waals surface area contributed by atoms with Crippen molar-refractivity contribution < 1.29 is 13.9 Å². The highest BCUT2D eigenvalue weighted by molar-refractivity contribution is 9.10. The van der Waals surface area contributed by atoms with Gasteiger partial charge in [0.1, 0.15) is 12.4 Å². The minimum atomic E-state index is -0.346. The highest BCUT2D eigenvalue weighted by Crippen LogP contribution is 2.16. The summed E-state index contributed by atoms with van der Waals surface area (Å²) in [5, 5.41) is 1.52. The first-order valence-electron chi connectivity index (χ1n) is 4.97. The van der Waals surface area contributed by atoms with Crippen LogP contribution in [0.4, 0.5) is 4.39 Å². The van der Waals surface area contributed by atoms with Crippen LogP contribution < -0.4 is 5.43 Å². The Balaban J connectivity index is 2.40. The zero-order valence-electron chi connectivity index (χ0n) is 9.67. The maximum atomic E-state index is 13.3. The molecular weight excluding hydrogens is 291 g/mol. The molecule has 0 heterocycles. The van der Waals surface area contributed by atoms with Gasteiger partial charge >= 0.3 is 0 Å². The van der Waals surface area contributed by atoms with Gasteiger partial charge in [-0.1, -0.05) is 15.9 Å². The van der Waals surface area contributed by atoms with Gasteiger partial charge in [0.25, 0.3) is 5.91 Å². The average Bonchev–Trinajstić information content (AvgIpc) is 2.22. The van der Waals surface area contributed by atoms with Gasteiger partial charge in [-0.15, -0.1) is 0 Å². The Hall–Kier alpha value is -0.980. The van der Waals surface area contributed by atoms with Crippen LogP contribution in [-0.2, 0) is 16.1 Å². The van der Waals surface area contributed by atoms with E-state index in [1.165, 1.54) is 11.1 Å². The van der Waals surface area contributed by atoms with Crippen molar-refractivity contribution in [3.63, 3.8) is 0 Å². The molecule has 0 aliphatic heterocycles. The van der Waals surface area contributed by atoms with Crippen molar-refractivity contribution in [2.75, 3.05) is 20.7 Å². The molecular formula is C11H14BrFN2O2. The van der Waals surface area contributed by atoms with Crippen LogP contribution in [0.3, 0.4) is 0 Å². The Kier molecular flexibility index (Phi) is 5.54. The third kappa shape index (κ3) is 5.25. The first kappa shape index (κ1) is 14.1. The highest BCUT2D eigenvalue weighted by atomic mass is 79.9. The summed E-state index contributed by atoms with van der Waals surface area (Å²) in [5.41, 5.74) is 2.94. The summed E-state index contributed by atoms with van der Waals surface area (Å²) in [6.07, 6.45) is 0. The van der Waals surface area contributed by atoms with Gasteiger partial charge in [-0.05, 0) is 18.2 Å². The molecule has 0 bridgehead atoms. The summed E-state index contributed by atoms with van der Waals surface area (Å²) in [6, 6.07) is 4.58. The molecule has 0 unspecified atom stereocenters. The SMILES string of the molecule is CN(C)NC(=O)COCc1cc(Br)ccc1F. The molecule has 0 aliphatic carbocycles. The number of rotatable bonds is 5. The summed E-state index contributed by atoms with van der Waals surface area (Å²) >= 11 is 3.24. The second-order valence-corrected chi connectivity index (χ2v) is 4.57. The quantitative estimate of drug-likeness (QED) is 0.842. The van der Waals surface area contributed by atoms with Gasteiger partial charge in [0.15, 0.2) is 0 Å². The van der Waals surface area contributed by atoms with E-state index in [0.29, 0.717) is 5.56 Å². The number of amides is 1. The van der Waals surface area contributed by atoms with Crippen LogP contribution in [0.15, 0.2) is 22.7 Å². The van der Waals surface area contributed by atoms with Gasteiger partial charge in [0.2, 0.25) is 0 Å². The Labute approximate surface area is 108 Å². The molecule has 0 atom stereocenters. The fraction of sp³-hybridized carbons (Fsp3) is 0.364. The average molecular weight is 305 g/mol. The molecule has 0 aliphatic rings. The number of carbonyl (C=O) groups excluding carboxylic acids is 1. The molecule has 0 saturated carbocycles. The molecule has 1 aromatic carbocycles. The molecule has 0 fully saturated rings. The summed E-state index contributed by atoms with van der Waals surface area (Å²) in [6.45, 7) is -0.0454. The Morgan fingerprint density at radius 1 is 1.53 bits per heavy atom. The number of benzene rings is 1. The maximum Gasteiger partial charge on any atom is 0.260 e. The van der Waals surface area contributed by atoms with Crippen LogP contribution in [0.5, 0.6) is 0 Å². The number of halogens is 2. The third-order valence-corrected chi connectivity index (χ3v) is 2.34. The minimum Gasteiger partial charge on any atom is -0.367 e. The molecule has 1 rings (SSSR count). The molecule has 94 valence electrons. The van der Waals surface area contributed by atoms with Gasteiger partial charge in [-0.3, -0.25) is 10.2 Å². The van der Waals surface area contributed by atoms with Crippen LogP contribution in [0.1, 0.15) is 5.56 Å². The molecule has 0 aromatic heterocycles. The third-order valence-electron chi connectivity index (χ3n) is 1.85. The summed E-state index contributed by atoms with van der Waals surface area (Å²) in [5.74, 6) is -0.619. The van der Waals surface area contributed by atoms with E-state index >= 15 is 0 Å². The van der Waals surface area contributed by atoms with E-state index in [0.717, 1.165) is 4.47 Å². The van der Waals surface area contributed by atoms with Gasteiger partial charge in [0.05, 0.1) is 6.61 Å². The van der Waals surface area contributed by atoms with Gasteiger partial charge in [0, 0.05) is 24.1 Å². The standard InChI is InChI=1S/C11H14BrFN2O2/c1-15(2)14-11(16)7-17-6-8-5-9(12)3-4-10(8)13/h3-5H,6-7H2,1-2H3,(H,14,16). The normalized spacial score (nSPS) is 10.6. The van der Waals surface area contributed by atoms with E-state index in [-0.39, 0.29) is 24.9 Å². The van der Waals surface area contributed by atoms with Crippen molar-refractivity contribution in [3.05, 3.63) is 34.1 Å². The number of carbonyl (C=O) groups is 1. The van der Waals surface area contributed by atoms with Crippen molar-refractivity contribution in [2.24, 2.45) is 0 Å². The highest BCUT2D eigenvalue weighted by Gasteiger charge is 2.05. The maximum absolute atomic E-state index is 13.3. The molecule has 1 amide bonds. The van der Waals surface area contributed by atoms with Gasteiger partial charge < -0.3 is 4.74 Å². The van der Waals surface area contributed by atoms with Gasteiger partial charge in [-0.25, -0.2) is 9.40 Å². The van der Waals surface area contributed by atoms with Crippen LogP contribution in [0.25, 0.3) is 0 Å². The predicted octanol–water partition coefficient (Wildman–Crippen LogP) is 1.70. The molecule has 1 aromatic rings. The monoisotopic (exact) mass is 304 g/mol. The second-order valence-electron chi connectivity index (χ2n) is 3.66. The number of nitrogens with one attached hydrogen (secondary N) is 1. The van der Waals surface area contributed by atoms with Gasteiger partial charge in [-0.2, -0.15) is 0 Å². The zero-order chi connectivity index (χ0) is 12.8. The smallest absolute Gasteiger partial charge is 0.260 e. The lowest BCUT2D eigenvalue weighted by Gasteiger charge is -2.12. The van der Waals surface area contributed by atoms with E-state index in [9.17, 15) is 9.18 Å². The minimum absolute atomic E-state index is 0.0616. The Morgan fingerprint density at radius 3 is 2.88 bits per heavy atom. The number of ether oxygens (including phenoxy) is 1. The topological polar surface area (TPSA) is 41.6 Å². The van der Waals surface area contributed by atoms with E-state index < -0.39 is 0 Å². The molecule has 1 N–H and O–H groups in total. The van der Waals surface area contributed by atoms with Crippen molar-refractivity contribution in [2.45, 2.75) is 6.61 Å². The fourth-order valence-electron chi connectivity index (χ4n) is 1.19. The van der Waals surface area contributed by atoms with Crippen molar-refractivity contribution in [3.8, 4) is 0 Å². The number of nitrogens with zero attached hydrogens (tertiary/aromatic N) is 1. The second kappa shape index (κ2) is 6.68.